The molecule has 0 aliphatic heterocycles. The van der Waals surface area contributed by atoms with E-state index in [9.17, 15) is 13.2 Å². The van der Waals surface area contributed by atoms with Gasteiger partial charge < -0.3 is 5.73 Å². The maximum atomic E-state index is 12.2. The van der Waals surface area contributed by atoms with Crippen molar-refractivity contribution in [1.82, 2.24) is 5.43 Å². The van der Waals surface area contributed by atoms with Crippen LogP contribution in [0.4, 0.5) is 13.2 Å². The summed E-state index contributed by atoms with van der Waals surface area (Å²) in [5, 5.41) is 10.3. The summed E-state index contributed by atoms with van der Waals surface area (Å²) in [6.45, 7) is 0. The van der Waals surface area contributed by atoms with Gasteiger partial charge in [-0.15, -0.1) is 12.4 Å². The fourth-order valence-corrected chi connectivity index (χ4v) is 0.935. The highest BCUT2D eigenvalue weighted by molar-refractivity contribution is 5.85. The van der Waals surface area contributed by atoms with Gasteiger partial charge in [-0.1, -0.05) is 12.1 Å². The van der Waals surface area contributed by atoms with E-state index in [4.69, 9.17) is 11.1 Å². The van der Waals surface area contributed by atoms with Crippen molar-refractivity contribution in [3.63, 3.8) is 0 Å². The van der Waals surface area contributed by atoms with Crippen molar-refractivity contribution in [3.8, 4) is 0 Å². The Morgan fingerprint density at radius 3 is 2.24 bits per heavy atom. The maximum absolute atomic E-state index is 12.2. The molecular formula is C9H10ClF3N4. The van der Waals surface area contributed by atoms with Gasteiger partial charge in [0.15, 0.2) is 0 Å². The number of hydrogen-bond donors (Lipinski definition) is 3. The highest BCUT2D eigenvalue weighted by Gasteiger charge is 2.29. The Bertz CT molecular complexity index is 400. The second kappa shape index (κ2) is 6.09. The number of nitrogens with one attached hydrogen (secondary N) is 2. The molecule has 0 aliphatic rings. The molecule has 0 amide bonds. The molecule has 1 aromatic carbocycles. The molecule has 8 heteroatoms. The number of rotatable bonds is 2. The summed E-state index contributed by atoms with van der Waals surface area (Å²) in [6.07, 6.45) is -3.07. The third kappa shape index (κ3) is 5.21. The zero-order valence-corrected chi connectivity index (χ0v) is 9.27. The lowest BCUT2D eigenvalue weighted by molar-refractivity contribution is -0.137. The minimum absolute atomic E-state index is 0. The highest BCUT2D eigenvalue weighted by atomic mass is 35.5. The number of alkyl halides is 3. The molecule has 1 rings (SSSR count). The molecule has 4 N–H and O–H groups in total. The van der Waals surface area contributed by atoms with Crippen LogP contribution >= 0.6 is 12.4 Å². The second-order valence-electron chi connectivity index (χ2n) is 2.90. The number of benzene rings is 1. The number of guanidine groups is 1. The Kier molecular flexibility index (Phi) is 5.46. The van der Waals surface area contributed by atoms with Gasteiger partial charge in [-0.05, 0) is 17.7 Å². The standard InChI is InChI=1S/C9H9F3N4.ClH/c10-9(11,12)7-3-1-6(2-4-7)5-15-16-8(13)14;/h1-5H,(H4,13,14,16);1H. The molecule has 0 unspecified atom stereocenters. The molecule has 0 radical (unpaired) electrons. The van der Waals surface area contributed by atoms with Crippen LogP contribution in [0.2, 0.25) is 0 Å². The van der Waals surface area contributed by atoms with Gasteiger partial charge in [0.2, 0.25) is 5.96 Å². The first kappa shape index (κ1) is 15.2. The van der Waals surface area contributed by atoms with E-state index in [1.807, 2.05) is 0 Å². The molecule has 0 aromatic heterocycles. The minimum Gasteiger partial charge on any atom is -0.369 e. The first-order valence-corrected chi connectivity index (χ1v) is 4.20. The quantitative estimate of drug-likeness (QED) is 0.435. The van der Waals surface area contributed by atoms with E-state index in [0.717, 1.165) is 12.1 Å². The first-order valence-electron chi connectivity index (χ1n) is 4.20. The molecular weight excluding hydrogens is 257 g/mol. The molecule has 17 heavy (non-hydrogen) atoms. The van der Waals surface area contributed by atoms with Crippen LogP contribution in [0.15, 0.2) is 29.4 Å². The molecule has 94 valence electrons. The largest absolute Gasteiger partial charge is 0.416 e. The lowest BCUT2D eigenvalue weighted by Gasteiger charge is -2.05. The Morgan fingerprint density at radius 2 is 1.82 bits per heavy atom. The Labute approximate surface area is 102 Å². The average Bonchev–Trinajstić information content (AvgIpc) is 2.16. The van der Waals surface area contributed by atoms with Crippen LogP contribution in [0, 0.1) is 5.41 Å². The second-order valence-corrected chi connectivity index (χ2v) is 2.90. The van der Waals surface area contributed by atoms with Crippen molar-refractivity contribution >= 4 is 24.6 Å². The van der Waals surface area contributed by atoms with Crippen molar-refractivity contribution in [1.29, 1.82) is 5.41 Å². The van der Waals surface area contributed by atoms with Crippen LogP contribution in [0.25, 0.3) is 0 Å². The average molecular weight is 267 g/mol. The van der Waals surface area contributed by atoms with Crippen molar-refractivity contribution in [2.75, 3.05) is 0 Å². The molecule has 0 heterocycles. The lowest BCUT2D eigenvalue weighted by Crippen LogP contribution is -2.25. The summed E-state index contributed by atoms with van der Waals surface area (Å²) in [5.74, 6) is -0.344. The van der Waals surface area contributed by atoms with Crippen LogP contribution in [0.5, 0.6) is 0 Å². The van der Waals surface area contributed by atoms with Gasteiger partial charge >= 0.3 is 6.18 Å². The van der Waals surface area contributed by atoms with Gasteiger partial charge in [0.1, 0.15) is 0 Å². The topological polar surface area (TPSA) is 74.3 Å². The normalized spacial score (nSPS) is 11.0. The van der Waals surface area contributed by atoms with Crippen molar-refractivity contribution in [2.24, 2.45) is 10.8 Å². The van der Waals surface area contributed by atoms with Gasteiger partial charge in [0.25, 0.3) is 0 Å². The summed E-state index contributed by atoms with van der Waals surface area (Å²) in [4.78, 5) is 0. The molecule has 0 spiro atoms. The smallest absolute Gasteiger partial charge is 0.369 e. The van der Waals surface area contributed by atoms with Gasteiger partial charge in [-0.3, -0.25) is 5.41 Å². The molecule has 4 nitrogen and oxygen atoms in total. The molecule has 0 atom stereocenters. The van der Waals surface area contributed by atoms with E-state index in [1.165, 1.54) is 18.3 Å². The van der Waals surface area contributed by atoms with Crippen LogP contribution in [-0.4, -0.2) is 12.2 Å². The molecule has 0 aliphatic carbocycles. The zero-order chi connectivity index (χ0) is 12.2. The van der Waals surface area contributed by atoms with Gasteiger partial charge in [0.05, 0.1) is 11.8 Å². The van der Waals surface area contributed by atoms with Gasteiger partial charge in [0, 0.05) is 0 Å². The third-order valence-corrected chi connectivity index (χ3v) is 1.64. The van der Waals surface area contributed by atoms with E-state index in [0.29, 0.717) is 5.56 Å². The molecule has 0 bridgehead atoms. The molecule has 0 saturated heterocycles. The summed E-state index contributed by atoms with van der Waals surface area (Å²) >= 11 is 0. The minimum atomic E-state index is -4.34. The number of nitrogens with zero attached hydrogens (tertiary/aromatic N) is 1. The number of hydrazone groups is 1. The van der Waals surface area contributed by atoms with E-state index < -0.39 is 11.7 Å². The Balaban J connectivity index is 0.00000256. The van der Waals surface area contributed by atoms with Crippen molar-refractivity contribution in [2.45, 2.75) is 6.18 Å². The summed E-state index contributed by atoms with van der Waals surface area (Å²) in [5.41, 5.74) is 6.85. The fourth-order valence-electron chi connectivity index (χ4n) is 0.935. The van der Waals surface area contributed by atoms with Crippen LogP contribution in [0.1, 0.15) is 11.1 Å². The monoisotopic (exact) mass is 266 g/mol. The van der Waals surface area contributed by atoms with E-state index in [-0.39, 0.29) is 18.4 Å². The highest BCUT2D eigenvalue weighted by Crippen LogP contribution is 2.28. The van der Waals surface area contributed by atoms with E-state index in [1.54, 1.807) is 0 Å². The predicted molar refractivity (Wildman–Crippen MR) is 61.3 cm³/mol. The number of nitrogens with two attached hydrogens (primary N) is 1. The van der Waals surface area contributed by atoms with Gasteiger partial charge in [-0.2, -0.15) is 18.3 Å². The summed E-state index contributed by atoms with van der Waals surface area (Å²) < 4.78 is 36.6. The predicted octanol–water partition coefficient (Wildman–Crippen LogP) is 1.94. The summed E-state index contributed by atoms with van der Waals surface area (Å²) in [7, 11) is 0. The first-order chi connectivity index (χ1) is 7.39. The van der Waals surface area contributed by atoms with E-state index >= 15 is 0 Å². The van der Waals surface area contributed by atoms with Crippen molar-refractivity contribution < 1.29 is 13.2 Å². The molecule has 1 aromatic rings. The Hall–Kier alpha value is -1.76. The number of halogens is 4. The third-order valence-electron chi connectivity index (χ3n) is 1.64. The lowest BCUT2D eigenvalue weighted by atomic mass is 10.1. The van der Waals surface area contributed by atoms with Crippen molar-refractivity contribution in [3.05, 3.63) is 35.4 Å². The maximum Gasteiger partial charge on any atom is 0.416 e. The Morgan fingerprint density at radius 1 is 1.29 bits per heavy atom. The van der Waals surface area contributed by atoms with E-state index in [2.05, 4.69) is 10.5 Å². The zero-order valence-electron chi connectivity index (χ0n) is 8.45. The molecule has 0 fully saturated rings. The van der Waals surface area contributed by atoms with Crippen LogP contribution < -0.4 is 11.2 Å². The van der Waals surface area contributed by atoms with Crippen LogP contribution in [0.3, 0.4) is 0 Å². The van der Waals surface area contributed by atoms with Gasteiger partial charge in [-0.25, -0.2) is 5.43 Å². The van der Waals surface area contributed by atoms with Crippen LogP contribution in [-0.2, 0) is 6.18 Å². The molecule has 0 saturated carbocycles. The number of hydrogen-bond acceptors (Lipinski definition) is 2. The SMILES string of the molecule is Cl.N=C(N)NN=Cc1ccc(C(F)(F)F)cc1. The fraction of sp³-hybridized carbons (Fsp3) is 0.111. The summed E-state index contributed by atoms with van der Waals surface area (Å²) in [6, 6.07) is 4.45.